The molecule has 0 saturated carbocycles. The lowest BCUT2D eigenvalue weighted by Crippen LogP contribution is -2.45. The fraction of sp³-hybridized carbons (Fsp3) is 0.421. The molecule has 0 spiro atoms. The number of nitrogens with one attached hydrogen (secondary N) is 1. The van der Waals surface area contributed by atoms with E-state index in [9.17, 15) is 13.2 Å². The molecule has 1 N–H and O–H groups in total. The number of sulfonamides is 1. The molecule has 8 heteroatoms. The molecule has 0 radical (unpaired) electrons. The topological polar surface area (TPSA) is 66.5 Å². The van der Waals surface area contributed by atoms with Gasteiger partial charge in [-0.2, -0.15) is 4.31 Å². The predicted molar refractivity (Wildman–Crippen MR) is 111 cm³/mol. The molecule has 2 heterocycles. The molecule has 146 valence electrons. The summed E-state index contributed by atoms with van der Waals surface area (Å²) in [5.74, 6) is 0.459. The van der Waals surface area contributed by atoms with Crippen LogP contribution in [0.25, 0.3) is 0 Å². The van der Waals surface area contributed by atoms with Gasteiger partial charge in [0, 0.05) is 35.2 Å². The summed E-state index contributed by atoms with van der Waals surface area (Å²) in [6.45, 7) is 3.21. The lowest BCUT2D eigenvalue weighted by Gasteiger charge is -2.30. The molecule has 0 aliphatic carbocycles. The van der Waals surface area contributed by atoms with Crippen molar-refractivity contribution >= 4 is 39.0 Å². The van der Waals surface area contributed by atoms with Crippen LogP contribution < -0.4 is 5.32 Å². The first kappa shape index (κ1) is 20.4. The van der Waals surface area contributed by atoms with Crippen molar-refractivity contribution < 1.29 is 13.2 Å². The maximum absolute atomic E-state index is 12.8. The number of hydrogen-bond donors (Lipinski definition) is 1. The van der Waals surface area contributed by atoms with Gasteiger partial charge in [-0.25, -0.2) is 8.42 Å². The smallest absolute Gasteiger partial charge is 0.252 e. The van der Waals surface area contributed by atoms with Crippen molar-refractivity contribution in [3.8, 4) is 0 Å². The fourth-order valence-electron chi connectivity index (χ4n) is 3.06. The Kier molecular flexibility index (Phi) is 6.97. The van der Waals surface area contributed by atoms with Crippen LogP contribution in [0.15, 0.2) is 51.6 Å². The highest BCUT2D eigenvalue weighted by molar-refractivity contribution is 7.99. The molecule has 1 aromatic heterocycles. The molecule has 1 aromatic carbocycles. The van der Waals surface area contributed by atoms with Gasteiger partial charge >= 0.3 is 0 Å². The van der Waals surface area contributed by atoms with Gasteiger partial charge in [-0.3, -0.25) is 4.79 Å². The van der Waals surface area contributed by atoms with Gasteiger partial charge < -0.3 is 5.32 Å². The third-order valence-corrected chi connectivity index (χ3v) is 8.82. The van der Waals surface area contributed by atoms with Crippen LogP contribution >= 0.6 is 23.1 Å². The van der Waals surface area contributed by atoms with E-state index < -0.39 is 10.0 Å². The standard InChI is InChI=1S/C19H24N2O3S3/c1-15-9-10-18(26-15)27(23,24)21-12-5-6-16(14-21)19(22)20-11-13-25-17-7-3-2-4-8-17/h2-4,7-10,16H,5-6,11-14H2,1H3,(H,20,22). The summed E-state index contributed by atoms with van der Waals surface area (Å²) in [6, 6.07) is 13.5. The number of rotatable bonds is 7. The Morgan fingerprint density at radius 1 is 1.26 bits per heavy atom. The van der Waals surface area contributed by atoms with E-state index in [-0.39, 0.29) is 18.4 Å². The van der Waals surface area contributed by atoms with Gasteiger partial charge in [0.2, 0.25) is 5.91 Å². The highest BCUT2D eigenvalue weighted by atomic mass is 32.2. The first-order chi connectivity index (χ1) is 13.0. The fourth-order valence-corrected chi connectivity index (χ4v) is 6.81. The SMILES string of the molecule is Cc1ccc(S(=O)(=O)N2CCCC(C(=O)NCCSc3ccccc3)C2)s1. The van der Waals surface area contributed by atoms with Crippen molar-refractivity contribution in [2.45, 2.75) is 28.9 Å². The Labute approximate surface area is 169 Å². The third kappa shape index (κ3) is 5.34. The van der Waals surface area contributed by atoms with E-state index in [4.69, 9.17) is 0 Å². The second kappa shape index (κ2) is 9.23. The van der Waals surface area contributed by atoms with Crippen molar-refractivity contribution in [1.82, 2.24) is 9.62 Å². The number of carbonyl (C=O) groups excluding carboxylic acids is 1. The van der Waals surface area contributed by atoms with Crippen molar-refractivity contribution in [3.63, 3.8) is 0 Å². The van der Waals surface area contributed by atoms with Crippen molar-refractivity contribution in [1.29, 1.82) is 0 Å². The van der Waals surface area contributed by atoms with Crippen molar-refractivity contribution in [3.05, 3.63) is 47.3 Å². The molecule has 1 aliphatic heterocycles. The zero-order valence-electron chi connectivity index (χ0n) is 15.3. The summed E-state index contributed by atoms with van der Waals surface area (Å²) in [5, 5.41) is 2.96. The van der Waals surface area contributed by atoms with Crippen molar-refractivity contribution in [2.75, 3.05) is 25.4 Å². The monoisotopic (exact) mass is 424 g/mol. The van der Waals surface area contributed by atoms with Crippen LogP contribution in [0.4, 0.5) is 0 Å². The number of amides is 1. The summed E-state index contributed by atoms with van der Waals surface area (Å²) in [6.07, 6.45) is 1.44. The summed E-state index contributed by atoms with van der Waals surface area (Å²) in [7, 11) is -3.50. The summed E-state index contributed by atoms with van der Waals surface area (Å²) in [4.78, 5) is 14.6. The Morgan fingerprint density at radius 3 is 2.74 bits per heavy atom. The highest BCUT2D eigenvalue weighted by Crippen LogP contribution is 2.28. The Balaban J connectivity index is 1.50. The first-order valence-corrected chi connectivity index (χ1v) is 12.2. The lowest BCUT2D eigenvalue weighted by molar-refractivity contribution is -0.125. The molecule has 5 nitrogen and oxygen atoms in total. The number of benzene rings is 1. The van der Waals surface area contributed by atoms with E-state index in [1.807, 2.05) is 43.3 Å². The number of nitrogens with zero attached hydrogens (tertiary/aromatic N) is 1. The molecule has 0 bridgehead atoms. The lowest BCUT2D eigenvalue weighted by atomic mass is 9.99. The summed E-state index contributed by atoms with van der Waals surface area (Å²) < 4.78 is 27.4. The Bertz CT molecular complexity index is 865. The molecule has 2 aromatic rings. The molecule has 3 rings (SSSR count). The molecule has 1 amide bonds. The van der Waals surface area contributed by atoms with E-state index in [0.29, 0.717) is 23.7 Å². The normalized spacial score (nSPS) is 18.3. The molecule has 27 heavy (non-hydrogen) atoms. The minimum atomic E-state index is -3.50. The van der Waals surface area contributed by atoms with Crippen LogP contribution in [0.3, 0.4) is 0 Å². The molecule has 1 fully saturated rings. The van der Waals surface area contributed by atoms with Crippen LogP contribution in [0.2, 0.25) is 0 Å². The van der Waals surface area contributed by atoms with Crippen molar-refractivity contribution in [2.24, 2.45) is 5.92 Å². The van der Waals surface area contributed by atoms with E-state index >= 15 is 0 Å². The second-order valence-corrected chi connectivity index (χ2v) is 11.1. The summed E-state index contributed by atoms with van der Waals surface area (Å²) in [5.41, 5.74) is 0. The molecular formula is C19H24N2O3S3. The molecule has 1 unspecified atom stereocenters. The minimum Gasteiger partial charge on any atom is -0.355 e. The summed E-state index contributed by atoms with van der Waals surface area (Å²) >= 11 is 2.97. The average Bonchev–Trinajstić information content (AvgIpc) is 3.13. The largest absolute Gasteiger partial charge is 0.355 e. The maximum atomic E-state index is 12.8. The zero-order valence-corrected chi connectivity index (χ0v) is 17.7. The predicted octanol–water partition coefficient (Wildman–Crippen LogP) is 3.37. The molecule has 1 atom stereocenters. The van der Waals surface area contributed by atoms with Crippen LogP contribution in [0.5, 0.6) is 0 Å². The van der Waals surface area contributed by atoms with Gasteiger partial charge in [-0.05, 0) is 44.0 Å². The Hall–Kier alpha value is -1.35. The highest BCUT2D eigenvalue weighted by Gasteiger charge is 2.33. The number of carbonyl (C=O) groups is 1. The molecule has 1 aliphatic rings. The van der Waals surface area contributed by atoms with Gasteiger partial charge in [0.05, 0.1) is 5.92 Å². The number of piperidine rings is 1. The van der Waals surface area contributed by atoms with E-state index in [1.165, 1.54) is 20.5 Å². The number of thioether (sulfide) groups is 1. The zero-order chi connectivity index (χ0) is 19.3. The van der Waals surface area contributed by atoms with E-state index in [0.717, 1.165) is 17.1 Å². The quantitative estimate of drug-likeness (QED) is 0.547. The molecular weight excluding hydrogens is 400 g/mol. The van der Waals surface area contributed by atoms with Crippen LogP contribution in [0.1, 0.15) is 17.7 Å². The molecule has 1 saturated heterocycles. The van der Waals surface area contributed by atoms with E-state index in [2.05, 4.69) is 5.32 Å². The minimum absolute atomic E-state index is 0.0501. The second-order valence-electron chi connectivity index (χ2n) is 6.52. The van der Waals surface area contributed by atoms with E-state index in [1.54, 1.807) is 17.8 Å². The van der Waals surface area contributed by atoms with Gasteiger partial charge in [0.15, 0.2) is 0 Å². The van der Waals surface area contributed by atoms with Gasteiger partial charge in [0.25, 0.3) is 10.0 Å². The number of thiophene rings is 1. The van der Waals surface area contributed by atoms with Crippen LogP contribution in [-0.2, 0) is 14.8 Å². The number of hydrogen-bond acceptors (Lipinski definition) is 5. The third-order valence-electron chi connectivity index (χ3n) is 4.48. The average molecular weight is 425 g/mol. The van der Waals surface area contributed by atoms with Crippen LogP contribution in [0, 0.1) is 12.8 Å². The van der Waals surface area contributed by atoms with Gasteiger partial charge in [-0.15, -0.1) is 23.1 Å². The number of aryl methyl sites for hydroxylation is 1. The van der Waals surface area contributed by atoms with Crippen LogP contribution in [-0.4, -0.2) is 44.0 Å². The maximum Gasteiger partial charge on any atom is 0.252 e. The Morgan fingerprint density at radius 2 is 2.04 bits per heavy atom. The van der Waals surface area contributed by atoms with Gasteiger partial charge in [-0.1, -0.05) is 18.2 Å². The first-order valence-electron chi connectivity index (χ1n) is 8.99. The van der Waals surface area contributed by atoms with Gasteiger partial charge in [0.1, 0.15) is 4.21 Å².